The normalized spacial score (nSPS) is 24.4. The van der Waals surface area contributed by atoms with Crippen molar-refractivity contribution in [2.45, 2.75) is 43.9 Å². The number of nitrogens with zero attached hydrogens (tertiary/aromatic N) is 2. The first-order valence-electron chi connectivity index (χ1n) is 6.88. The molecule has 0 aromatic carbocycles. The minimum atomic E-state index is -0.760. The van der Waals surface area contributed by atoms with E-state index in [2.05, 4.69) is 10.4 Å². The maximum absolute atomic E-state index is 11.9. The van der Waals surface area contributed by atoms with Crippen LogP contribution in [0.15, 0.2) is 11.0 Å². The summed E-state index contributed by atoms with van der Waals surface area (Å²) >= 11 is 6.05. The average Bonchev–Trinajstić information content (AvgIpc) is 2.47. The second-order valence-corrected chi connectivity index (χ2v) is 7.48. The number of hydrogen-bond acceptors (Lipinski definition) is 4. The van der Waals surface area contributed by atoms with E-state index in [1.54, 1.807) is 13.2 Å². The Hall–Kier alpha value is -0.880. The van der Waals surface area contributed by atoms with Gasteiger partial charge in [0, 0.05) is 34.9 Å². The van der Waals surface area contributed by atoms with E-state index in [-0.39, 0.29) is 21.9 Å². The third-order valence-corrected chi connectivity index (χ3v) is 5.83. The van der Waals surface area contributed by atoms with Gasteiger partial charge in [0.25, 0.3) is 5.56 Å². The van der Waals surface area contributed by atoms with Crippen LogP contribution >= 0.6 is 11.6 Å². The van der Waals surface area contributed by atoms with E-state index in [0.29, 0.717) is 11.4 Å². The highest BCUT2D eigenvalue weighted by atomic mass is 35.5. The molecule has 0 spiro atoms. The lowest BCUT2D eigenvalue weighted by Gasteiger charge is -2.29. The van der Waals surface area contributed by atoms with Crippen LogP contribution in [0.1, 0.15) is 32.6 Å². The van der Waals surface area contributed by atoms with Crippen LogP contribution in [0.5, 0.6) is 0 Å². The molecule has 0 bridgehead atoms. The molecule has 1 heterocycles. The lowest BCUT2D eigenvalue weighted by atomic mass is 9.95. The summed E-state index contributed by atoms with van der Waals surface area (Å²) in [6, 6.07) is 0.204. The van der Waals surface area contributed by atoms with Crippen molar-refractivity contribution in [1.82, 2.24) is 9.78 Å². The number of rotatable bonds is 4. The SMILES string of the molecule is CCS(=O)C1CCCC(Nc2cnn(C)c(=O)c2Cl)C1. The minimum Gasteiger partial charge on any atom is -0.380 e. The van der Waals surface area contributed by atoms with E-state index in [0.717, 1.165) is 25.7 Å². The maximum Gasteiger partial charge on any atom is 0.287 e. The number of halogens is 1. The number of hydrogen-bond donors (Lipinski definition) is 1. The van der Waals surface area contributed by atoms with E-state index in [4.69, 9.17) is 11.6 Å². The Morgan fingerprint density at radius 3 is 3.00 bits per heavy atom. The quantitative estimate of drug-likeness (QED) is 0.921. The van der Waals surface area contributed by atoms with Gasteiger partial charge < -0.3 is 5.32 Å². The Morgan fingerprint density at radius 1 is 1.55 bits per heavy atom. The van der Waals surface area contributed by atoms with Crippen LogP contribution in [0.25, 0.3) is 0 Å². The van der Waals surface area contributed by atoms with E-state index >= 15 is 0 Å². The van der Waals surface area contributed by atoms with E-state index < -0.39 is 10.8 Å². The Labute approximate surface area is 126 Å². The van der Waals surface area contributed by atoms with Crippen LogP contribution in [0.4, 0.5) is 5.69 Å². The smallest absolute Gasteiger partial charge is 0.287 e. The Morgan fingerprint density at radius 2 is 2.30 bits per heavy atom. The van der Waals surface area contributed by atoms with Gasteiger partial charge in [-0.25, -0.2) is 4.68 Å². The summed E-state index contributed by atoms with van der Waals surface area (Å²) in [5.74, 6) is 0.700. The van der Waals surface area contributed by atoms with Crippen molar-refractivity contribution in [2.75, 3.05) is 11.1 Å². The van der Waals surface area contributed by atoms with Crippen LogP contribution in [0, 0.1) is 0 Å². The minimum absolute atomic E-state index is 0.168. The van der Waals surface area contributed by atoms with Crippen molar-refractivity contribution in [2.24, 2.45) is 7.05 Å². The second-order valence-electron chi connectivity index (χ2n) is 5.10. The molecule has 3 unspecified atom stereocenters. The van der Waals surface area contributed by atoms with Crippen LogP contribution < -0.4 is 10.9 Å². The van der Waals surface area contributed by atoms with Gasteiger partial charge in [-0.15, -0.1) is 0 Å². The fourth-order valence-electron chi connectivity index (χ4n) is 2.58. The van der Waals surface area contributed by atoms with Crippen LogP contribution in [-0.2, 0) is 17.8 Å². The van der Waals surface area contributed by atoms with Gasteiger partial charge in [0.2, 0.25) is 0 Å². The van der Waals surface area contributed by atoms with E-state index in [1.165, 1.54) is 4.68 Å². The van der Waals surface area contributed by atoms with Gasteiger partial charge in [0.1, 0.15) is 5.02 Å². The summed E-state index contributed by atoms with van der Waals surface area (Å²) in [6.45, 7) is 1.95. The molecule has 2 rings (SSSR count). The first-order chi connectivity index (χ1) is 9.52. The molecule has 1 N–H and O–H groups in total. The predicted molar refractivity (Wildman–Crippen MR) is 82.8 cm³/mol. The summed E-state index contributed by atoms with van der Waals surface area (Å²) in [5.41, 5.74) is 0.267. The predicted octanol–water partition coefficient (Wildman–Crippen LogP) is 1.93. The monoisotopic (exact) mass is 317 g/mol. The van der Waals surface area contributed by atoms with Crippen molar-refractivity contribution >= 4 is 28.1 Å². The Kier molecular flexibility index (Phi) is 5.21. The second kappa shape index (κ2) is 6.72. The van der Waals surface area contributed by atoms with Gasteiger partial charge in [0.15, 0.2) is 0 Å². The Balaban J connectivity index is 2.08. The van der Waals surface area contributed by atoms with Crippen molar-refractivity contribution < 1.29 is 4.21 Å². The molecule has 0 amide bonds. The molecule has 0 radical (unpaired) electrons. The summed E-state index contributed by atoms with van der Waals surface area (Å²) in [6.07, 6.45) is 5.49. The highest BCUT2D eigenvalue weighted by molar-refractivity contribution is 7.85. The molecule has 0 saturated heterocycles. The van der Waals surface area contributed by atoms with Crippen LogP contribution in [-0.4, -0.2) is 31.0 Å². The van der Waals surface area contributed by atoms with Gasteiger partial charge in [-0.3, -0.25) is 9.00 Å². The van der Waals surface area contributed by atoms with Crippen molar-refractivity contribution in [3.8, 4) is 0 Å². The highest BCUT2D eigenvalue weighted by Gasteiger charge is 2.26. The first kappa shape index (κ1) is 15.5. The molecule has 20 heavy (non-hydrogen) atoms. The number of aromatic nitrogens is 2. The van der Waals surface area contributed by atoms with Gasteiger partial charge in [-0.05, 0) is 19.3 Å². The zero-order valence-electron chi connectivity index (χ0n) is 11.8. The first-order valence-corrected chi connectivity index (χ1v) is 8.64. The van der Waals surface area contributed by atoms with Crippen molar-refractivity contribution in [1.29, 1.82) is 0 Å². The maximum atomic E-state index is 11.9. The average molecular weight is 318 g/mol. The Bertz CT molecular complexity index is 561. The summed E-state index contributed by atoms with van der Waals surface area (Å²) < 4.78 is 13.1. The third kappa shape index (κ3) is 3.41. The lowest BCUT2D eigenvalue weighted by molar-refractivity contribution is 0.465. The highest BCUT2D eigenvalue weighted by Crippen LogP contribution is 2.27. The number of aryl methyl sites for hydroxylation is 1. The van der Waals surface area contributed by atoms with Gasteiger partial charge in [0.05, 0.1) is 11.9 Å². The summed E-state index contributed by atoms with van der Waals surface area (Å²) in [7, 11) is 0.808. The molecule has 7 heteroatoms. The summed E-state index contributed by atoms with van der Waals surface area (Å²) in [4.78, 5) is 11.7. The van der Waals surface area contributed by atoms with E-state index in [9.17, 15) is 9.00 Å². The number of anilines is 1. The van der Waals surface area contributed by atoms with Gasteiger partial charge in [-0.2, -0.15) is 5.10 Å². The molecular formula is C13H20ClN3O2S. The fraction of sp³-hybridized carbons (Fsp3) is 0.692. The molecule has 1 aliphatic rings. The lowest BCUT2D eigenvalue weighted by Crippen LogP contribution is -2.33. The molecule has 1 fully saturated rings. The van der Waals surface area contributed by atoms with Gasteiger partial charge >= 0.3 is 0 Å². The molecular weight excluding hydrogens is 298 g/mol. The summed E-state index contributed by atoms with van der Waals surface area (Å²) in [5, 5.41) is 7.66. The van der Waals surface area contributed by atoms with Gasteiger partial charge in [-0.1, -0.05) is 24.9 Å². The zero-order valence-corrected chi connectivity index (χ0v) is 13.3. The van der Waals surface area contributed by atoms with E-state index in [1.807, 2.05) is 6.92 Å². The third-order valence-electron chi connectivity index (χ3n) is 3.72. The zero-order chi connectivity index (χ0) is 14.7. The molecule has 5 nitrogen and oxygen atoms in total. The fourth-order valence-corrected chi connectivity index (χ4v) is 4.16. The molecule has 0 aliphatic heterocycles. The topological polar surface area (TPSA) is 64.0 Å². The standard InChI is InChI=1S/C13H20ClN3O2S/c1-3-20(19)10-6-4-5-9(7-10)16-11-8-15-17(2)13(18)12(11)14/h8-10,16H,3-7H2,1-2H3. The molecule has 1 aliphatic carbocycles. The van der Waals surface area contributed by atoms with Crippen molar-refractivity contribution in [3.63, 3.8) is 0 Å². The van der Waals surface area contributed by atoms with Crippen LogP contribution in [0.3, 0.4) is 0 Å². The number of nitrogens with one attached hydrogen (secondary N) is 1. The molecule has 1 aromatic rings. The van der Waals surface area contributed by atoms with Crippen LogP contribution in [0.2, 0.25) is 5.02 Å². The molecule has 112 valence electrons. The largest absolute Gasteiger partial charge is 0.380 e. The molecule has 1 aromatic heterocycles. The van der Waals surface area contributed by atoms with Crippen molar-refractivity contribution in [3.05, 3.63) is 21.6 Å². The molecule has 1 saturated carbocycles. The molecule has 3 atom stereocenters.